The zero-order chi connectivity index (χ0) is 14.6. The number of piperidine rings is 1. The lowest BCUT2D eigenvalue weighted by Gasteiger charge is -2.40. The van der Waals surface area contributed by atoms with Crippen LogP contribution >= 0.6 is 0 Å². The molecule has 1 aliphatic heterocycles. The molecular formula is C15H30N2O2. The second-order valence-electron chi connectivity index (χ2n) is 6.90. The van der Waals surface area contributed by atoms with Gasteiger partial charge in [0.25, 0.3) is 0 Å². The molecule has 0 radical (unpaired) electrons. The monoisotopic (exact) mass is 270 g/mol. The Balaban J connectivity index is 2.54. The van der Waals surface area contributed by atoms with E-state index in [9.17, 15) is 4.79 Å². The fourth-order valence-corrected chi connectivity index (χ4v) is 2.54. The molecule has 0 bridgehead atoms. The van der Waals surface area contributed by atoms with E-state index in [0.717, 1.165) is 25.9 Å². The molecule has 1 rings (SSSR count). The van der Waals surface area contributed by atoms with Crippen LogP contribution in [0.25, 0.3) is 0 Å². The minimum atomic E-state index is -0.430. The van der Waals surface area contributed by atoms with Crippen molar-refractivity contribution in [3.63, 3.8) is 0 Å². The first kappa shape index (κ1) is 16.3. The zero-order valence-electron chi connectivity index (χ0n) is 13.3. The second-order valence-corrected chi connectivity index (χ2v) is 6.90. The van der Waals surface area contributed by atoms with Crippen molar-refractivity contribution in [1.82, 2.24) is 10.2 Å². The van der Waals surface area contributed by atoms with Gasteiger partial charge in [0, 0.05) is 25.2 Å². The first-order chi connectivity index (χ1) is 8.71. The van der Waals surface area contributed by atoms with E-state index in [1.54, 1.807) is 0 Å². The maximum absolute atomic E-state index is 11.8. The Kier molecular flexibility index (Phi) is 5.65. The highest BCUT2D eigenvalue weighted by atomic mass is 16.6. The molecule has 0 saturated carbocycles. The molecule has 2 atom stereocenters. The van der Waals surface area contributed by atoms with Gasteiger partial charge in [0.15, 0.2) is 0 Å². The van der Waals surface area contributed by atoms with Crippen molar-refractivity contribution in [2.75, 3.05) is 13.1 Å². The summed E-state index contributed by atoms with van der Waals surface area (Å²) >= 11 is 0. The first-order valence-corrected chi connectivity index (χ1v) is 7.44. The van der Waals surface area contributed by atoms with Gasteiger partial charge < -0.3 is 10.1 Å². The quantitative estimate of drug-likeness (QED) is 0.857. The second kappa shape index (κ2) is 6.60. The summed E-state index contributed by atoms with van der Waals surface area (Å²) in [7, 11) is 0. The Morgan fingerprint density at radius 1 is 1.37 bits per heavy atom. The van der Waals surface area contributed by atoms with Crippen LogP contribution in [0.15, 0.2) is 0 Å². The van der Waals surface area contributed by atoms with Gasteiger partial charge in [-0.25, -0.2) is 4.79 Å². The molecule has 4 heteroatoms. The van der Waals surface area contributed by atoms with Crippen LogP contribution in [0.2, 0.25) is 0 Å². The highest BCUT2D eigenvalue weighted by Gasteiger charge is 2.29. The number of ether oxygens (including phenoxy) is 1. The molecule has 0 spiro atoms. The Labute approximate surface area is 117 Å². The van der Waals surface area contributed by atoms with Gasteiger partial charge in [-0.1, -0.05) is 13.3 Å². The third-order valence-electron chi connectivity index (χ3n) is 3.59. The molecule has 4 nitrogen and oxygen atoms in total. The van der Waals surface area contributed by atoms with E-state index in [1.807, 2.05) is 20.8 Å². The minimum absolute atomic E-state index is 0.205. The molecule has 0 aromatic heterocycles. The summed E-state index contributed by atoms with van der Waals surface area (Å²) in [6.07, 6.45) is 1.92. The van der Waals surface area contributed by atoms with E-state index < -0.39 is 5.60 Å². The van der Waals surface area contributed by atoms with Crippen LogP contribution in [0, 0.1) is 5.92 Å². The fraction of sp³-hybridized carbons (Fsp3) is 0.933. The molecule has 1 aliphatic rings. The lowest BCUT2D eigenvalue weighted by molar-refractivity contribution is 0.0425. The predicted molar refractivity (Wildman–Crippen MR) is 78.3 cm³/mol. The van der Waals surface area contributed by atoms with Gasteiger partial charge >= 0.3 is 6.09 Å². The molecule has 1 fully saturated rings. The van der Waals surface area contributed by atoms with Gasteiger partial charge in [0.1, 0.15) is 5.60 Å². The van der Waals surface area contributed by atoms with E-state index in [2.05, 4.69) is 31.0 Å². The zero-order valence-corrected chi connectivity index (χ0v) is 13.3. The predicted octanol–water partition coefficient (Wildman–Crippen LogP) is 3.02. The average Bonchev–Trinajstić information content (AvgIpc) is 2.25. The van der Waals surface area contributed by atoms with Gasteiger partial charge in [-0.15, -0.1) is 0 Å². The Morgan fingerprint density at radius 2 is 2.00 bits per heavy atom. The number of amides is 1. The minimum Gasteiger partial charge on any atom is -0.444 e. The number of alkyl carbamates (subject to hydrolysis) is 1. The molecule has 112 valence electrons. The third-order valence-corrected chi connectivity index (χ3v) is 3.59. The van der Waals surface area contributed by atoms with E-state index >= 15 is 0 Å². The van der Waals surface area contributed by atoms with Gasteiger partial charge in [0.05, 0.1) is 0 Å². The van der Waals surface area contributed by atoms with Gasteiger partial charge in [-0.3, -0.25) is 4.90 Å². The number of hydrogen-bond donors (Lipinski definition) is 1. The van der Waals surface area contributed by atoms with E-state index in [4.69, 9.17) is 4.74 Å². The summed E-state index contributed by atoms with van der Waals surface area (Å²) in [5, 5.41) is 3.02. The van der Waals surface area contributed by atoms with Crippen LogP contribution in [0.3, 0.4) is 0 Å². The third kappa shape index (κ3) is 5.81. The van der Waals surface area contributed by atoms with Crippen LogP contribution in [-0.4, -0.2) is 41.8 Å². The van der Waals surface area contributed by atoms with E-state index in [0.29, 0.717) is 12.0 Å². The molecule has 1 N–H and O–H groups in total. The molecule has 1 amide bonds. The molecule has 0 aliphatic carbocycles. The van der Waals surface area contributed by atoms with E-state index in [-0.39, 0.29) is 12.1 Å². The number of carbonyl (C=O) groups excluding carboxylic acids is 1. The van der Waals surface area contributed by atoms with Crippen molar-refractivity contribution in [2.45, 2.75) is 72.1 Å². The molecule has 19 heavy (non-hydrogen) atoms. The smallest absolute Gasteiger partial charge is 0.407 e. The van der Waals surface area contributed by atoms with Crippen LogP contribution in [0.1, 0.15) is 54.4 Å². The average molecular weight is 270 g/mol. The summed E-state index contributed by atoms with van der Waals surface area (Å²) in [4.78, 5) is 14.3. The number of nitrogens with zero attached hydrogens (tertiary/aromatic N) is 1. The maximum Gasteiger partial charge on any atom is 0.407 e. The molecule has 0 aromatic carbocycles. The van der Waals surface area contributed by atoms with Crippen LogP contribution < -0.4 is 5.32 Å². The number of rotatable bonds is 3. The van der Waals surface area contributed by atoms with Crippen molar-refractivity contribution in [2.24, 2.45) is 5.92 Å². The van der Waals surface area contributed by atoms with Gasteiger partial charge in [-0.05, 0) is 47.0 Å². The fourth-order valence-electron chi connectivity index (χ4n) is 2.54. The van der Waals surface area contributed by atoms with Crippen LogP contribution in [0.5, 0.6) is 0 Å². The van der Waals surface area contributed by atoms with Crippen molar-refractivity contribution in [3.05, 3.63) is 0 Å². The normalized spacial score (nSPS) is 25.4. The first-order valence-electron chi connectivity index (χ1n) is 7.44. The lowest BCUT2D eigenvalue weighted by atomic mass is 9.91. The Bertz CT molecular complexity index is 297. The summed E-state index contributed by atoms with van der Waals surface area (Å²) in [6, 6.07) is 0.730. The largest absolute Gasteiger partial charge is 0.444 e. The van der Waals surface area contributed by atoms with Crippen molar-refractivity contribution < 1.29 is 9.53 Å². The molecule has 0 aromatic rings. The Morgan fingerprint density at radius 3 is 2.47 bits per heavy atom. The highest BCUT2D eigenvalue weighted by molar-refractivity contribution is 5.68. The van der Waals surface area contributed by atoms with Crippen molar-refractivity contribution in [3.8, 4) is 0 Å². The topological polar surface area (TPSA) is 41.6 Å². The molecule has 1 heterocycles. The lowest BCUT2D eigenvalue weighted by Crippen LogP contribution is -2.53. The van der Waals surface area contributed by atoms with Gasteiger partial charge in [0.2, 0.25) is 0 Å². The molecule has 1 saturated heterocycles. The molecule has 2 unspecified atom stereocenters. The molecular weight excluding hydrogens is 240 g/mol. The SMILES string of the molecule is CCC1CC(NC(=O)OC(C)(C)C)CN(C(C)C)C1. The van der Waals surface area contributed by atoms with Gasteiger partial charge in [-0.2, -0.15) is 0 Å². The Hall–Kier alpha value is -0.770. The number of nitrogens with one attached hydrogen (secondary N) is 1. The highest BCUT2D eigenvalue weighted by Crippen LogP contribution is 2.21. The number of likely N-dealkylation sites (tertiary alicyclic amines) is 1. The number of hydrogen-bond acceptors (Lipinski definition) is 3. The summed E-state index contributed by atoms with van der Waals surface area (Å²) < 4.78 is 5.34. The van der Waals surface area contributed by atoms with E-state index in [1.165, 1.54) is 0 Å². The van der Waals surface area contributed by atoms with Crippen molar-refractivity contribution in [1.29, 1.82) is 0 Å². The summed E-state index contributed by atoms with van der Waals surface area (Å²) in [6.45, 7) is 14.4. The standard InChI is InChI=1S/C15H30N2O2/c1-7-12-8-13(10-17(9-12)11(2)3)16-14(18)19-15(4,5)6/h11-13H,7-10H2,1-6H3,(H,16,18). The maximum atomic E-state index is 11.8. The number of carbonyl (C=O) groups is 1. The summed E-state index contributed by atoms with van der Waals surface area (Å²) in [5.74, 6) is 0.663. The summed E-state index contributed by atoms with van der Waals surface area (Å²) in [5.41, 5.74) is -0.430. The van der Waals surface area contributed by atoms with Crippen molar-refractivity contribution >= 4 is 6.09 Å². The van der Waals surface area contributed by atoms with Crippen LogP contribution in [-0.2, 0) is 4.74 Å². The van der Waals surface area contributed by atoms with Crippen LogP contribution in [0.4, 0.5) is 4.79 Å².